The minimum Gasteiger partial charge on any atom is -0.345 e. The number of carbonyl (C=O) groups is 2. The summed E-state index contributed by atoms with van der Waals surface area (Å²) in [5.74, 6) is -0.855. The summed E-state index contributed by atoms with van der Waals surface area (Å²) in [4.78, 5) is 24.9. The number of halogens is 1. The highest BCUT2D eigenvalue weighted by Gasteiger charge is 2.17. The lowest BCUT2D eigenvalue weighted by molar-refractivity contribution is -0.114. The number of aromatic nitrogens is 1. The Morgan fingerprint density at radius 3 is 2.29 bits per heavy atom. The monoisotopic (exact) mass is 414 g/mol. The van der Waals surface area contributed by atoms with Gasteiger partial charge < -0.3 is 9.88 Å². The number of nitrogens with zero attached hydrogens (tertiary/aromatic N) is 1. The molecular weight excluding hydrogens is 400 g/mol. The smallest absolute Gasteiger partial charge is 0.282 e. The van der Waals surface area contributed by atoms with Gasteiger partial charge in [-0.05, 0) is 46.3 Å². The fraction of sp³-hybridized carbons (Fsp3) is 0.143. The number of aryl methyl sites for hydroxylation is 1. The molecule has 0 saturated carbocycles. The van der Waals surface area contributed by atoms with Crippen LogP contribution in [-0.2, 0) is 21.9 Å². The molecule has 10 heteroatoms. The summed E-state index contributed by atoms with van der Waals surface area (Å²) in [6.07, 6.45) is 1.67. The molecule has 128 valence electrons. The summed E-state index contributed by atoms with van der Waals surface area (Å²) in [5, 5.41) is 2.53. The minimum atomic E-state index is -3.93. The van der Waals surface area contributed by atoms with Gasteiger partial charge in [0.2, 0.25) is 5.91 Å². The Morgan fingerprint density at radius 1 is 1.17 bits per heavy atom. The van der Waals surface area contributed by atoms with Crippen molar-refractivity contribution in [1.82, 2.24) is 14.8 Å². The van der Waals surface area contributed by atoms with E-state index in [4.69, 9.17) is 0 Å². The normalized spacial score (nSPS) is 11.1. The van der Waals surface area contributed by atoms with E-state index in [1.165, 1.54) is 31.2 Å². The second-order valence-electron chi connectivity index (χ2n) is 4.92. The molecule has 1 aromatic carbocycles. The number of sulfonamides is 1. The van der Waals surface area contributed by atoms with Crippen LogP contribution in [0.25, 0.3) is 0 Å². The van der Waals surface area contributed by atoms with Crippen molar-refractivity contribution in [1.29, 1.82) is 0 Å². The van der Waals surface area contributed by atoms with Crippen molar-refractivity contribution in [2.24, 2.45) is 7.05 Å². The van der Waals surface area contributed by atoms with Crippen LogP contribution in [0.5, 0.6) is 0 Å². The van der Waals surface area contributed by atoms with Crippen LogP contribution >= 0.6 is 15.9 Å². The maximum atomic E-state index is 12.2. The van der Waals surface area contributed by atoms with Crippen molar-refractivity contribution in [3.05, 3.63) is 46.7 Å². The Morgan fingerprint density at radius 2 is 1.79 bits per heavy atom. The van der Waals surface area contributed by atoms with Crippen molar-refractivity contribution in [3.63, 3.8) is 0 Å². The molecule has 0 aliphatic heterocycles. The summed E-state index contributed by atoms with van der Waals surface area (Å²) in [6, 6.07) is 7.10. The predicted molar refractivity (Wildman–Crippen MR) is 91.6 cm³/mol. The topological polar surface area (TPSA) is 109 Å². The maximum Gasteiger partial charge on any atom is 0.282 e. The lowest BCUT2D eigenvalue weighted by Gasteiger charge is -2.09. The molecule has 3 N–H and O–H groups in total. The number of nitrogens with one attached hydrogen (secondary N) is 3. The number of rotatable bonds is 5. The van der Waals surface area contributed by atoms with Crippen LogP contribution in [0, 0.1) is 0 Å². The van der Waals surface area contributed by atoms with E-state index in [2.05, 4.69) is 26.7 Å². The van der Waals surface area contributed by atoms with Crippen LogP contribution in [-0.4, -0.2) is 24.8 Å². The molecule has 0 aliphatic rings. The zero-order chi connectivity index (χ0) is 17.9. The molecule has 0 radical (unpaired) electrons. The molecule has 0 aliphatic carbocycles. The molecule has 1 aromatic heterocycles. The Labute approximate surface area is 147 Å². The molecule has 0 bridgehead atoms. The fourth-order valence-electron chi connectivity index (χ4n) is 1.91. The van der Waals surface area contributed by atoms with Gasteiger partial charge in [0.1, 0.15) is 5.69 Å². The van der Waals surface area contributed by atoms with E-state index in [0.717, 1.165) is 0 Å². The van der Waals surface area contributed by atoms with Gasteiger partial charge in [0, 0.05) is 30.3 Å². The van der Waals surface area contributed by atoms with Crippen molar-refractivity contribution in [2.75, 3.05) is 5.32 Å². The van der Waals surface area contributed by atoms with Crippen LogP contribution < -0.4 is 15.6 Å². The zero-order valence-corrected chi connectivity index (χ0v) is 15.2. The van der Waals surface area contributed by atoms with Crippen LogP contribution in [0.15, 0.2) is 45.9 Å². The van der Waals surface area contributed by atoms with Gasteiger partial charge in [0.05, 0.1) is 4.90 Å². The third-order valence-electron chi connectivity index (χ3n) is 2.99. The first-order chi connectivity index (χ1) is 11.2. The number of amides is 2. The standard InChI is InChI=1S/C14H15BrN4O4S/c1-9(20)16-11-3-5-12(6-4-11)24(22,23)18-17-14(21)13-7-10(15)8-19(13)2/h3-8,18H,1-2H3,(H,16,20)(H,17,21). The lowest BCUT2D eigenvalue weighted by atomic mass is 10.3. The summed E-state index contributed by atoms with van der Waals surface area (Å²) >= 11 is 3.23. The summed E-state index contributed by atoms with van der Waals surface area (Å²) < 4.78 is 26.6. The van der Waals surface area contributed by atoms with Crippen molar-refractivity contribution >= 4 is 43.5 Å². The molecule has 8 nitrogen and oxygen atoms in total. The van der Waals surface area contributed by atoms with E-state index in [-0.39, 0.29) is 16.5 Å². The van der Waals surface area contributed by atoms with Crippen molar-refractivity contribution in [2.45, 2.75) is 11.8 Å². The molecule has 0 atom stereocenters. The number of hydrogen-bond acceptors (Lipinski definition) is 4. The van der Waals surface area contributed by atoms with Gasteiger partial charge in [-0.25, -0.2) is 8.42 Å². The third-order valence-corrected chi connectivity index (χ3v) is 4.69. The Kier molecular flexibility index (Phi) is 5.42. The lowest BCUT2D eigenvalue weighted by Crippen LogP contribution is -2.42. The van der Waals surface area contributed by atoms with Crippen molar-refractivity contribution < 1.29 is 18.0 Å². The highest BCUT2D eigenvalue weighted by Crippen LogP contribution is 2.15. The number of hydrogen-bond donors (Lipinski definition) is 3. The quantitative estimate of drug-likeness (QED) is 0.641. The van der Waals surface area contributed by atoms with Crippen LogP contribution in [0.4, 0.5) is 5.69 Å². The number of benzene rings is 1. The second-order valence-corrected chi connectivity index (χ2v) is 7.52. The first-order valence-corrected chi connectivity index (χ1v) is 8.98. The molecule has 24 heavy (non-hydrogen) atoms. The van der Waals surface area contributed by atoms with Crippen LogP contribution in [0.1, 0.15) is 17.4 Å². The number of hydrazine groups is 1. The fourth-order valence-corrected chi connectivity index (χ4v) is 3.27. The van der Waals surface area contributed by atoms with E-state index in [9.17, 15) is 18.0 Å². The minimum absolute atomic E-state index is 0.0510. The first-order valence-electron chi connectivity index (χ1n) is 6.71. The van der Waals surface area contributed by atoms with Gasteiger partial charge in [-0.1, -0.05) is 0 Å². The molecule has 2 amide bonds. The summed E-state index contributed by atoms with van der Waals surface area (Å²) in [6.45, 7) is 1.35. The van der Waals surface area contributed by atoms with Gasteiger partial charge >= 0.3 is 0 Å². The maximum absolute atomic E-state index is 12.2. The summed E-state index contributed by atoms with van der Waals surface area (Å²) in [7, 11) is -2.27. The van der Waals surface area contributed by atoms with Gasteiger partial charge in [-0.2, -0.15) is 0 Å². The SMILES string of the molecule is CC(=O)Nc1ccc(S(=O)(=O)NNC(=O)c2cc(Br)cn2C)cc1. The highest BCUT2D eigenvalue weighted by molar-refractivity contribution is 9.10. The molecule has 0 unspecified atom stereocenters. The molecule has 0 spiro atoms. The Bertz CT molecular complexity index is 875. The van der Waals surface area contributed by atoms with E-state index in [0.29, 0.717) is 10.2 Å². The van der Waals surface area contributed by atoms with Gasteiger partial charge in [0.15, 0.2) is 0 Å². The zero-order valence-electron chi connectivity index (χ0n) is 12.8. The Hall–Kier alpha value is -2.17. The molecule has 1 heterocycles. The Balaban J connectivity index is 2.07. The molecule has 2 aromatic rings. The first kappa shape index (κ1) is 18.2. The van der Waals surface area contributed by atoms with E-state index in [1.807, 2.05) is 4.83 Å². The molecule has 0 fully saturated rings. The molecule has 2 rings (SSSR count). The van der Waals surface area contributed by atoms with Gasteiger partial charge in [-0.3, -0.25) is 15.0 Å². The molecular formula is C14H15BrN4O4S. The largest absolute Gasteiger partial charge is 0.345 e. The average molecular weight is 415 g/mol. The van der Waals surface area contributed by atoms with Gasteiger partial charge in [-0.15, -0.1) is 4.83 Å². The predicted octanol–water partition coefficient (Wildman–Crippen LogP) is 1.37. The summed E-state index contributed by atoms with van der Waals surface area (Å²) in [5.41, 5.74) is 2.90. The molecule has 0 saturated heterocycles. The second kappa shape index (κ2) is 7.16. The van der Waals surface area contributed by atoms with Crippen molar-refractivity contribution in [3.8, 4) is 0 Å². The van der Waals surface area contributed by atoms with E-state index >= 15 is 0 Å². The third kappa shape index (κ3) is 4.43. The van der Waals surface area contributed by atoms with E-state index < -0.39 is 15.9 Å². The highest BCUT2D eigenvalue weighted by atomic mass is 79.9. The number of anilines is 1. The van der Waals surface area contributed by atoms with Gasteiger partial charge in [0.25, 0.3) is 15.9 Å². The average Bonchev–Trinajstić information content (AvgIpc) is 2.83. The van der Waals surface area contributed by atoms with Crippen LogP contribution in [0.2, 0.25) is 0 Å². The number of carbonyl (C=O) groups excluding carboxylic acids is 2. The van der Waals surface area contributed by atoms with Crippen LogP contribution in [0.3, 0.4) is 0 Å². The van der Waals surface area contributed by atoms with E-state index in [1.54, 1.807) is 23.9 Å².